The first-order valence-corrected chi connectivity index (χ1v) is 14.3. The zero-order valence-corrected chi connectivity index (χ0v) is 23.8. The van der Waals surface area contributed by atoms with Crippen LogP contribution >= 0.6 is 11.6 Å². The fourth-order valence-electron chi connectivity index (χ4n) is 5.38. The van der Waals surface area contributed by atoms with Crippen LogP contribution in [-0.2, 0) is 6.54 Å². The first-order valence-electron chi connectivity index (χ1n) is 13.9. The van der Waals surface area contributed by atoms with Crippen LogP contribution in [0.3, 0.4) is 0 Å². The van der Waals surface area contributed by atoms with E-state index >= 15 is 0 Å². The van der Waals surface area contributed by atoms with Crippen molar-refractivity contribution in [2.24, 2.45) is 0 Å². The van der Waals surface area contributed by atoms with Crippen molar-refractivity contribution in [1.82, 2.24) is 14.5 Å². The predicted molar refractivity (Wildman–Crippen MR) is 170 cm³/mol. The van der Waals surface area contributed by atoms with Crippen molar-refractivity contribution in [2.45, 2.75) is 25.9 Å². The second-order valence-corrected chi connectivity index (χ2v) is 10.5. The fourth-order valence-corrected chi connectivity index (χ4v) is 5.51. The molecule has 0 aliphatic heterocycles. The van der Waals surface area contributed by atoms with E-state index in [1.54, 1.807) is 39.8 Å². The smallest absolute Gasteiger partial charge is 0.310 e. The maximum absolute atomic E-state index is 14.3. The number of rotatable bonds is 7. The van der Waals surface area contributed by atoms with Crippen molar-refractivity contribution in [2.75, 3.05) is 5.32 Å². The van der Waals surface area contributed by atoms with Gasteiger partial charge in [0.2, 0.25) is 0 Å². The molecule has 1 unspecified atom stereocenters. The van der Waals surface area contributed by atoms with Gasteiger partial charge in [0.15, 0.2) is 0 Å². The number of carbonyl (C=O) groups excluding carboxylic acids is 1. The average molecular weight is 573 g/mol. The molecule has 6 aromatic rings. The molecule has 1 heterocycles. The third-order valence-electron chi connectivity index (χ3n) is 7.44. The fraction of sp³-hybridized carbons (Fsp3) is 0.114. The van der Waals surface area contributed by atoms with Gasteiger partial charge < -0.3 is 10.2 Å². The number of aromatic nitrogens is 2. The zero-order valence-electron chi connectivity index (χ0n) is 23.1. The summed E-state index contributed by atoms with van der Waals surface area (Å²) >= 11 is 6.20. The van der Waals surface area contributed by atoms with Crippen LogP contribution in [0.2, 0.25) is 5.02 Å². The SMILES string of the molecule is CCC(c1nc2ccccc2c(=O)n1-c1ccc(Cl)cc1)N(Cc1ccccc1)C(=O)Nc1cccc2ccccc12. The first-order chi connectivity index (χ1) is 20.5. The summed E-state index contributed by atoms with van der Waals surface area (Å²) < 4.78 is 1.61. The molecule has 0 aliphatic rings. The van der Waals surface area contributed by atoms with E-state index in [1.165, 1.54) is 0 Å². The van der Waals surface area contributed by atoms with Gasteiger partial charge in [-0.25, -0.2) is 9.78 Å². The van der Waals surface area contributed by atoms with Crippen molar-refractivity contribution >= 4 is 45.0 Å². The lowest BCUT2D eigenvalue weighted by Crippen LogP contribution is -2.40. The van der Waals surface area contributed by atoms with Gasteiger partial charge in [-0.05, 0) is 59.8 Å². The highest BCUT2D eigenvalue weighted by molar-refractivity contribution is 6.30. The van der Waals surface area contributed by atoms with Gasteiger partial charge >= 0.3 is 6.03 Å². The van der Waals surface area contributed by atoms with Crippen LogP contribution in [-0.4, -0.2) is 20.5 Å². The van der Waals surface area contributed by atoms with E-state index < -0.39 is 6.04 Å². The van der Waals surface area contributed by atoms with E-state index in [1.807, 2.05) is 97.9 Å². The molecule has 1 aromatic heterocycles. The minimum atomic E-state index is -0.534. The van der Waals surface area contributed by atoms with E-state index in [2.05, 4.69) is 5.32 Å². The van der Waals surface area contributed by atoms with E-state index in [4.69, 9.17) is 16.6 Å². The molecule has 0 saturated carbocycles. The van der Waals surface area contributed by atoms with E-state index in [0.29, 0.717) is 46.1 Å². The van der Waals surface area contributed by atoms with Gasteiger partial charge in [0.05, 0.1) is 28.3 Å². The lowest BCUT2D eigenvalue weighted by Gasteiger charge is -2.32. The van der Waals surface area contributed by atoms with E-state index in [0.717, 1.165) is 16.3 Å². The molecule has 0 aliphatic carbocycles. The number of anilines is 1. The molecule has 1 atom stereocenters. The number of halogens is 1. The number of hydrogen-bond acceptors (Lipinski definition) is 3. The Labute approximate surface area is 248 Å². The number of fused-ring (bicyclic) bond motifs is 2. The number of nitrogens with one attached hydrogen (secondary N) is 1. The number of nitrogens with zero attached hydrogens (tertiary/aromatic N) is 3. The monoisotopic (exact) mass is 572 g/mol. The Morgan fingerprint density at radius 2 is 1.50 bits per heavy atom. The molecule has 7 heteroatoms. The second kappa shape index (κ2) is 11.9. The van der Waals surface area contributed by atoms with Crippen molar-refractivity contribution in [3.63, 3.8) is 0 Å². The summed E-state index contributed by atoms with van der Waals surface area (Å²) in [6.07, 6.45) is 0.522. The Balaban J connectivity index is 1.51. The largest absolute Gasteiger partial charge is 0.322 e. The van der Waals surface area contributed by atoms with Crippen LogP contribution in [0.5, 0.6) is 0 Å². The Kier molecular flexibility index (Phi) is 7.71. The molecule has 6 nitrogen and oxygen atoms in total. The van der Waals surface area contributed by atoms with Gasteiger partial charge in [0, 0.05) is 17.0 Å². The maximum atomic E-state index is 14.3. The lowest BCUT2D eigenvalue weighted by atomic mass is 10.1. The molecule has 0 saturated heterocycles. The predicted octanol–water partition coefficient (Wildman–Crippen LogP) is 8.38. The van der Waals surface area contributed by atoms with E-state index in [9.17, 15) is 9.59 Å². The van der Waals surface area contributed by atoms with E-state index in [-0.39, 0.29) is 11.6 Å². The molecule has 42 heavy (non-hydrogen) atoms. The Hall–Kier alpha value is -4.94. The number of para-hydroxylation sites is 1. The van der Waals surface area contributed by atoms with Crippen LogP contribution in [0.1, 0.15) is 30.8 Å². The summed E-state index contributed by atoms with van der Waals surface area (Å²) in [7, 11) is 0. The quantitative estimate of drug-likeness (QED) is 0.209. The van der Waals surface area contributed by atoms with Crippen LogP contribution in [0.4, 0.5) is 10.5 Å². The molecule has 0 fully saturated rings. The summed E-state index contributed by atoms with van der Waals surface area (Å²) in [4.78, 5) is 35.1. The summed E-state index contributed by atoms with van der Waals surface area (Å²) in [6.45, 7) is 2.32. The number of amides is 2. The second-order valence-electron chi connectivity index (χ2n) is 10.1. The van der Waals surface area contributed by atoms with Crippen LogP contribution in [0, 0.1) is 0 Å². The highest BCUT2D eigenvalue weighted by Crippen LogP contribution is 2.30. The van der Waals surface area contributed by atoms with Crippen LogP contribution in [0.15, 0.2) is 126 Å². The Morgan fingerprint density at radius 1 is 0.833 bits per heavy atom. The first kappa shape index (κ1) is 27.2. The van der Waals surface area contributed by atoms with Gasteiger partial charge in [-0.1, -0.05) is 97.4 Å². The molecule has 0 bridgehead atoms. The summed E-state index contributed by atoms with van der Waals surface area (Å²) in [5.74, 6) is 0.479. The normalized spacial score (nSPS) is 11.9. The third-order valence-corrected chi connectivity index (χ3v) is 7.69. The summed E-state index contributed by atoms with van der Waals surface area (Å²) in [5.41, 5.74) is 2.68. The van der Waals surface area contributed by atoms with Crippen molar-refractivity contribution < 1.29 is 4.79 Å². The topological polar surface area (TPSA) is 67.2 Å². The van der Waals surface area contributed by atoms with Gasteiger partial charge in [-0.2, -0.15) is 0 Å². The molecule has 6 rings (SSSR count). The molecule has 1 N–H and O–H groups in total. The molecule has 2 amide bonds. The van der Waals surface area contributed by atoms with Crippen molar-refractivity contribution in [1.29, 1.82) is 0 Å². The van der Waals surface area contributed by atoms with Gasteiger partial charge in [-0.15, -0.1) is 0 Å². The van der Waals surface area contributed by atoms with Crippen LogP contribution < -0.4 is 10.9 Å². The highest BCUT2D eigenvalue weighted by Gasteiger charge is 2.30. The van der Waals surface area contributed by atoms with Gasteiger partial charge in [0.25, 0.3) is 5.56 Å². The maximum Gasteiger partial charge on any atom is 0.322 e. The van der Waals surface area contributed by atoms with Gasteiger partial charge in [0.1, 0.15) is 5.82 Å². The minimum Gasteiger partial charge on any atom is -0.310 e. The third kappa shape index (κ3) is 5.37. The summed E-state index contributed by atoms with van der Waals surface area (Å²) in [6, 6.07) is 37.2. The number of carbonyl (C=O) groups is 1. The lowest BCUT2D eigenvalue weighted by molar-refractivity contribution is 0.177. The number of benzene rings is 5. The van der Waals surface area contributed by atoms with Gasteiger partial charge in [-0.3, -0.25) is 9.36 Å². The molecule has 0 spiro atoms. The standard InChI is InChI=1S/C35H29ClN4O2/c1-2-32(33-37-31-17-9-8-16-29(31)34(41)40(33)27-21-19-26(36)20-22-27)39(23-24-11-4-3-5-12-24)35(42)38-30-18-10-14-25-13-6-7-15-28(25)30/h3-22,32H,2,23H2,1H3,(H,38,42). The molecule has 5 aromatic carbocycles. The zero-order chi connectivity index (χ0) is 29.1. The minimum absolute atomic E-state index is 0.203. The number of urea groups is 1. The highest BCUT2D eigenvalue weighted by atomic mass is 35.5. The molecular weight excluding hydrogens is 544 g/mol. The molecule has 208 valence electrons. The Morgan fingerprint density at radius 3 is 2.26 bits per heavy atom. The van der Waals surface area contributed by atoms with Crippen molar-refractivity contribution in [3.05, 3.63) is 148 Å². The summed E-state index contributed by atoms with van der Waals surface area (Å²) in [5, 5.41) is 6.21. The average Bonchev–Trinajstić information content (AvgIpc) is 3.02. The van der Waals surface area contributed by atoms with Crippen LogP contribution in [0.25, 0.3) is 27.4 Å². The number of hydrogen-bond donors (Lipinski definition) is 1. The molecule has 0 radical (unpaired) electrons. The molecular formula is C35H29ClN4O2. The van der Waals surface area contributed by atoms with Crippen molar-refractivity contribution in [3.8, 4) is 5.69 Å². The Bertz CT molecular complexity index is 1930.